The van der Waals surface area contributed by atoms with Crippen LogP contribution >= 0.6 is 11.6 Å². The average molecular weight is 441 g/mol. The molecule has 3 aromatic rings. The highest BCUT2D eigenvalue weighted by Crippen LogP contribution is 2.18. The lowest BCUT2D eigenvalue weighted by molar-refractivity contribution is -0.122. The number of carbonyl (C=O) groups is 1. The van der Waals surface area contributed by atoms with E-state index in [1.54, 1.807) is 12.1 Å². The van der Waals surface area contributed by atoms with Crippen molar-refractivity contribution in [2.75, 3.05) is 6.61 Å². The maximum atomic E-state index is 12.2. The third-order valence-electron chi connectivity index (χ3n) is 5.00. The normalized spacial score (nSPS) is 10.9. The fraction of sp³-hybridized carbons (Fsp3) is 0.417. The summed E-state index contributed by atoms with van der Waals surface area (Å²) in [4.78, 5) is 13.5. The number of unbranched alkanes of at least 4 members (excludes halogenated alkanes) is 5. The van der Waals surface area contributed by atoms with E-state index < -0.39 is 0 Å². The minimum Gasteiger partial charge on any atom is -0.486 e. The summed E-state index contributed by atoms with van der Waals surface area (Å²) in [5.41, 5.74) is 2.05. The monoisotopic (exact) mass is 440 g/mol. The average Bonchev–Trinajstić information content (AvgIpc) is 3.24. The van der Waals surface area contributed by atoms with Crippen LogP contribution in [0.2, 0.25) is 5.02 Å². The van der Waals surface area contributed by atoms with Crippen LogP contribution in [0.25, 0.3) is 11.4 Å². The number of aryl methyl sites for hydroxylation is 1. The van der Waals surface area contributed by atoms with Gasteiger partial charge in [-0.2, -0.15) is 4.80 Å². The largest absolute Gasteiger partial charge is 0.486 e. The number of nitrogens with zero attached hydrogens (tertiary/aromatic N) is 4. The van der Waals surface area contributed by atoms with E-state index in [0.717, 1.165) is 12.0 Å². The Morgan fingerprint density at radius 1 is 1.03 bits per heavy atom. The molecule has 6 nitrogen and oxygen atoms in total. The fourth-order valence-electron chi connectivity index (χ4n) is 3.28. The minimum absolute atomic E-state index is 0.00365. The summed E-state index contributed by atoms with van der Waals surface area (Å²) >= 11 is 5.99. The highest BCUT2D eigenvalue weighted by atomic mass is 35.5. The van der Waals surface area contributed by atoms with Gasteiger partial charge in [0.1, 0.15) is 18.9 Å². The summed E-state index contributed by atoms with van der Waals surface area (Å²) in [5, 5.41) is 12.8. The van der Waals surface area contributed by atoms with E-state index in [-0.39, 0.29) is 18.9 Å². The van der Waals surface area contributed by atoms with Crippen LogP contribution in [0.4, 0.5) is 0 Å². The van der Waals surface area contributed by atoms with E-state index in [4.69, 9.17) is 16.3 Å². The molecule has 0 aliphatic carbocycles. The second-order valence-corrected chi connectivity index (χ2v) is 8.08. The lowest BCUT2D eigenvalue weighted by Gasteiger charge is -2.07. The first-order valence-corrected chi connectivity index (χ1v) is 11.3. The molecule has 0 amide bonds. The molecule has 0 atom stereocenters. The fourth-order valence-corrected chi connectivity index (χ4v) is 3.47. The van der Waals surface area contributed by atoms with Crippen LogP contribution in [-0.4, -0.2) is 32.6 Å². The molecule has 0 saturated carbocycles. The van der Waals surface area contributed by atoms with Crippen LogP contribution in [0, 0.1) is 0 Å². The van der Waals surface area contributed by atoms with E-state index in [1.807, 2.05) is 24.3 Å². The lowest BCUT2D eigenvalue weighted by atomic mass is 10.0. The van der Waals surface area contributed by atoms with Gasteiger partial charge in [0.2, 0.25) is 5.82 Å². The Balaban J connectivity index is 1.40. The Bertz CT molecular complexity index is 956. The second kappa shape index (κ2) is 12.2. The molecule has 0 spiro atoms. The van der Waals surface area contributed by atoms with Crippen molar-refractivity contribution in [2.24, 2.45) is 0 Å². The van der Waals surface area contributed by atoms with Gasteiger partial charge in [-0.05, 0) is 47.9 Å². The van der Waals surface area contributed by atoms with Gasteiger partial charge in [0.05, 0.1) is 0 Å². The predicted octanol–water partition coefficient (Wildman–Crippen LogP) is 5.54. The maximum Gasteiger partial charge on any atom is 0.204 e. The molecule has 0 saturated heterocycles. The van der Waals surface area contributed by atoms with Gasteiger partial charge in [-0.15, -0.1) is 10.2 Å². The third kappa shape index (κ3) is 7.79. The first-order valence-electron chi connectivity index (χ1n) is 10.9. The van der Waals surface area contributed by atoms with Crippen molar-refractivity contribution in [3.8, 4) is 17.1 Å². The summed E-state index contributed by atoms with van der Waals surface area (Å²) in [6.07, 6.45) is 8.84. The molecule has 0 aliphatic rings. The number of ether oxygens (including phenoxy) is 1. The molecular weight excluding hydrogens is 412 g/mol. The summed E-state index contributed by atoms with van der Waals surface area (Å²) in [6, 6.07) is 15.2. The van der Waals surface area contributed by atoms with Crippen molar-refractivity contribution in [3.05, 3.63) is 59.1 Å². The molecule has 1 heterocycles. The van der Waals surface area contributed by atoms with E-state index in [0.29, 0.717) is 16.6 Å². The van der Waals surface area contributed by atoms with Crippen molar-refractivity contribution < 1.29 is 9.53 Å². The molecular formula is C24H29ClN4O2. The summed E-state index contributed by atoms with van der Waals surface area (Å²) in [5.74, 6) is 0.981. The van der Waals surface area contributed by atoms with E-state index in [1.165, 1.54) is 48.9 Å². The van der Waals surface area contributed by atoms with Crippen LogP contribution in [0.3, 0.4) is 0 Å². The van der Waals surface area contributed by atoms with Crippen LogP contribution < -0.4 is 4.74 Å². The Labute approximate surface area is 188 Å². The number of halogens is 1. The van der Waals surface area contributed by atoms with Gasteiger partial charge in [-0.1, -0.05) is 74.9 Å². The summed E-state index contributed by atoms with van der Waals surface area (Å²) in [6.45, 7) is 2.20. The molecule has 7 heteroatoms. The number of aromatic nitrogens is 4. The van der Waals surface area contributed by atoms with Crippen LogP contribution in [-0.2, 0) is 17.8 Å². The molecule has 0 N–H and O–H groups in total. The zero-order valence-electron chi connectivity index (χ0n) is 18.0. The number of ketones is 1. The van der Waals surface area contributed by atoms with Crippen LogP contribution in [0.15, 0.2) is 48.5 Å². The molecule has 0 aliphatic heterocycles. The molecule has 0 fully saturated rings. The van der Waals surface area contributed by atoms with E-state index in [9.17, 15) is 4.79 Å². The standard InChI is InChI=1S/C24H29ClN4O2/c1-2-3-4-5-6-7-9-19-12-14-23(15-13-19)31-18-22(30)17-29-27-24(26-28-29)20-10-8-11-21(25)16-20/h8,10-16H,2-7,9,17-18H2,1H3. The van der Waals surface area contributed by atoms with Crippen molar-refractivity contribution >= 4 is 17.4 Å². The van der Waals surface area contributed by atoms with Crippen LogP contribution in [0.1, 0.15) is 51.0 Å². The molecule has 0 bridgehead atoms. The second-order valence-electron chi connectivity index (χ2n) is 7.64. The topological polar surface area (TPSA) is 69.9 Å². The molecule has 3 rings (SSSR count). The van der Waals surface area contributed by atoms with Gasteiger partial charge in [-0.25, -0.2) is 0 Å². The third-order valence-corrected chi connectivity index (χ3v) is 5.23. The number of tetrazole rings is 1. The molecule has 164 valence electrons. The SMILES string of the molecule is CCCCCCCCc1ccc(OCC(=O)Cn2nnc(-c3cccc(Cl)c3)n2)cc1. The zero-order chi connectivity index (χ0) is 21.9. The van der Waals surface area contributed by atoms with Crippen molar-refractivity contribution in [1.82, 2.24) is 20.2 Å². The van der Waals surface area contributed by atoms with Crippen molar-refractivity contribution in [1.29, 1.82) is 0 Å². The number of Topliss-reactive ketones (excluding diaryl/α,β-unsaturated/α-hetero) is 1. The summed E-state index contributed by atoms with van der Waals surface area (Å²) in [7, 11) is 0. The van der Waals surface area contributed by atoms with Gasteiger partial charge in [0, 0.05) is 10.6 Å². The molecule has 0 radical (unpaired) electrons. The highest BCUT2D eigenvalue weighted by Gasteiger charge is 2.10. The predicted molar refractivity (Wildman–Crippen MR) is 122 cm³/mol. The number of benzene rings is 2. The molecule has 0 unspecified atom stereocenters. The smallest absolute Gasteiger partial charge is 0.204 e. The van der Waals surface area contributed by atoms with Gasteiger partial charge < -0.3 is 4.74 Å². The first kappa shape index (κ1) is 22.9. The van der Waals surface area contributed by atoms with Crippen LogP contribution in [0.5, 0.6) is 5.75 Å². The van der Waals surface area contributed by atoms with Gasteiger partial charge in [0.25, 0.3) is 0 Å². The number of rotatable bonds is 13. The highest BCUT2D eigenvalue weighted by molar-refractivity contribution is 6.30. The van der Waals surface area contributed by atoms with E-state index >= 15 is 0 Å². The minimum atomic E-state index is -0.133. The quantitative estimate of drug-likeness (QED) is 0.326. The Kier molecular flexibility index (Phi) is 9.03. The molecule has 1 aromatic heterocycles. The lowest BCUT2D eigenvalue weighted by Crippen LogP contribution is -2.19. The van der Waals surface area contributed by atoms with E-state index in [2.05, 4.69) is 34.5 Å². The maximum absolute atomic E-state index is 12.2. The van der Waals surface area contributed by atoms with Gasteiger partial charge >= 0.3 is 0 Å². The number of carbonyl (C=O) groups excluding carboxylic acids is 1. The number of hydrogen-bond acceptors (Lipinski definition) is 5. The zero-order valence-corrected chi connectivity index (χ0v) is 18.7. The Morgan fingerprint density at radius 2 is 1.81 bits per heavy atom. The first-order chi connectivity index (χ1) is 15.1. The molecule has 31 heavy (non-hydrogen) atoms. The Hall–Kier alpha value is -2.73. The summed E-state index contributed by atoms with van der Waals surface area (Å²) < 4.78 is 5.62. The number of hydrogen-bond donors (Lipinski definition) is 0. The van der Waals surface area contributed by atoms with Crippen molar-refractivity contribution in [3.63, 3.8) is 0 Å². The Morgan fingerprint density at radius 3 is 2.58 bits per heavy atom. The molecule has 2 aromatic carbocycles. The van der Waals surface area contributed by atoms with Crippen molar-refractivity contribution in [2.45, 2.75) is 58.4 Å². The van der Waals surface area contributed by atoms with Gasteiger partial charge in [-0.3, -0.25) is 4.79 Å². The van der Waals surface area contributed by atoms with Gasteiger partial charge in [0.15, 0.2) is 5.78 Å².